The van der Waals surface area contributed by atoms with E-state index in [4.69, 9.17) is 9.40 Å². The molecule has 31 heavy (non-hydrogen) atoms. The van der Waals surface area contributed by atoms with Gasteiger partial charge in [-0.3, -0.25) is 4.98 Å². The Morgan fingerprint density at radius 3 is 1.97 bits per heavy atom. The monoisotopic (exact) mass is 419 g/mol. The lowest BCUT2D eigenvalue weighted by Gasteiger charge is -2.16. The van der Waals surface area contributed by atoms with Crippen molar-refractivity contribution in [1.29, 1.82) is 0 Å². The molecule has 0 aliphatic rings. The summed E-state index contributed by atoms with van der Waals surface area (Å²) in [4.78, 5) is 4.82. The molecule has 2 nitrogen and oxygen atoms in total. The van der Waals surface area contributed by atoms with Crippen molar-refractivity contribution in [3.63, 3.8) is 0 Å². The number of aromatic nitrogens is 1. The van der Waals surface area contributed by atoms with Gasteiger partial charge in [0.1, 0.15) is 11.3 Å². The molecule has 2 heterocycles. The average Bonchev–Trinajstić information content (AvgIpc) is 3.23. The van der Waals surface area contributed by atoms with Gasteiger partial charge in [0, 0.05) is 22.7 Å². The highest BCUT2D eigenvalue weighted by Crippen LogP contribution is 2.37. The van der Waals surface area contributed by atoms with Gasteiger partial charge in [0.2, 0.25) is 0 Å². The van der Waals surface area contributed by atoms with E-state index in [0.29, 0.717) is 0 Å². The van der Waals surface area contributed by atoms with E-state index in [0.717, 1.165) is 39.1 Å². The Morgan fingerprint density at radius 2 is 1.35 bits per heavy atom. The summed E-state index contributed by atoms with van der Waals surface area (Å²) in [6, 6.07) is 31.6. The zero-order valence-electron chi connectivity index (χ0n) is 18.1. The number of furan rings is 1. The fourth-order valence-electron chi connectivity index (χ4n) is 3.90. The molecule has 3 aromatic carbocycles. The molecule has 0 spiro atoms. The van der Waals surface area contributed by atoms with Gasteiger partial charge in [-0.05, 0) is 40.6 Å². The highest BCUT2D eigenvalue weighted by atomic mass is 28.3. The molecule has 0 radical (unpaired) electrons. The van der Waals surface area contributed by atoms with Gasteiger partial charge in [-0.1, -0.05) is 86.4 Å². The third-order valence-electron chi connectivity index (χ3n) is 5.71. The SMILES string of the molecule is C[Si](C)(C)c1ccc(-c2cc(-c3ccccc3)c3cc(-c4ccccc4)oc3c2)nc1. The van der Waals surface area contributed by atoms with Crippen molar-refractivity contribution in [2.45, 2.75) is 19.6 Å². The van der Waals surface area contributed by atoms with Gasteiger partial charge in [-0.15, -0.1) is 0 Å². The van der Waals surface area contributed by atoms with E-state index in [2.05, 4.69) is 86.4 Å². The number of benzene rings is 3. The molecule has 0 aliphatic heterocycles. The summed E-state index contributed by atoms with van der Waals surface area (Å²) in [5.74, 6) is 0.881. The zero-order valence-corrected chi connectivity index (χ0v) is 19.1. The van der Waals surface area contributed by atoms with Gasteiger partial charge in [0.15, 0.2) is 0 Å². The zero-order chi connectivity index (χ0) is 21.4. The number of fused-ring (bicyclic) bond motifs is 1. The van der Waals surface area contributed by atoms with Crippen molar-refractivity contribution in [2.75, 3.05) is 0 Å². The van der Waals surface area contributed by atoms with Crippen molar-refractivity contribution in [1.82, 2.24) is 4.98 Å². The van der Waals surface area contributed by atoms with E-state index < -0.39 is 8.07 Å². The largest absolute Gasteiger partial charge is 0.456 e. The van der Waals surface area contributed by atoms with E-state index in [-0.39, 0.29) is 0 Å². The first-order chi connectivity index (χ1) is 15.0. The maximum atomic E-state index is 6.34. The normalized spacial score (nSPS) is 11.7. The van der Waals surface area contributed by atoms with Gasteiger partial charge in [0.25, 0.3) is 0 Å². The highest BCUT2D eigenvalue weighted by molar-refractivity contribution is 6.88. The topological polar surface area (TPSA) is 26.0 Å². The molecule has 0 saturated heterocycles. The second-order valence-electron chi connectivity index (χ2n) is 8.96. The number of nitrogens with zero attached hydrogens (tertiary/aromatic N) is 1. The highest BCUT2D eigenvalue weighted by Gasteiger charge is 2.18. The second kappa shape index (κ2) is 7.68. The van der Waals surface area contributed by atoms with Gasteiger partial charge in [0.05, 0.1) is 13.8 Å². The first-order valence-electron chi connectivity index (χ1n) is 10.6. The molecular weight excluding hydrogens is 394 g/mol. The Hall–Kier alpha value is -3.43. The molecule has 0 bridgehead atoms. The predicted molar refractivity (Wildman–Crippen MR) is 133 cm³/mol. The summed E-state index contributed by atoms with van der Waals surface area (Å²) in [5, 5.41) is 2.48. The standard InChI is InChI=1S/C28H25NOSi/c1-31(2,3)23-14-15-26(29-19-23)22-16-24(20-10-6-4-7-11-20)25-18-27(30-28(25)17-22)21-12-8-5-9-13-21/h4-19H,1-3H3. The van der Waals surface area contributed by atoms with Crippen molar-refractivity contribution in [3.05, 3.63) is 97.2 Å². The van der Waals surface area contributed by atoms with Crippen molar-refractivity contribution < 1.29 is 4.42 Å². The minimum Gasteiger partial charge on any atom is -0.456 e. The first-order valence-corrected chi connectivity index (χ1v) is 14.1. The molecule has 2 aromatic heterocycles. The van der Waals surface area contributed by atoms with Crippen LogP contribution in [0.5, 0.6) is 0 Å². The van der Waals surface area contributed by atoms with Crippen LogP contribution in [0.4, 0.5) is 0 Å². The molecule has 0 unspecified atom stereocenters. The summed E-state index contributed by atoms with van der Waals surface area (Å²) in [6.07, 6.45) is 2.05. The molecule has 0 fully saturated rings. The quantitative estimate of drug-likeness (QED) is 0.284. The molecule has 0 N–H and O–H groups in total. The fraction of sp³-hybridized carbons (Fsp3) is 0.107. The fourth-order valence-corrected chi connectivity index (χ4v) is 4.93. The van der Waals surface area contributed by atoms with Crippen LogP contribution in [0, 0.1) is 0 Å². The van der Waals surface area contributed by atoms with Crippen LogP contribution >= 0.6 is 0 Å². The maximum Gasteiger partial charge on any atom is 0.136 e. The van der Waals surface area contributed by atoms with E-state index in [9.17, 15) is 0 Å². The molecule has 3 heteroatoms. The molecule has 5 rings (SSSR count). The molecule has 0 atom stereocenters. The molecular formula is C28H25NOSi. The van der Waals surface area contributed by atoms with Gasteiger partial charge >= 0.3 is 0 Å². The molecule has 0 saturated carbocycles. The van der Waals surface area contributed by atoms with Gasteiger partial charge < -0.3 is 4.42 Å². The average molecular weight is 420 g/mol. The lowest BCUT2D eigenvalue weighted by molar-refractivity contribution is 0.632. The van der Waals surface area contributed by atoms with Crippen molar-refractivity contribution in [3.8, 4) is 33.7 Å². The molecule has 5 aromatic rings. The van der Waals surface area contributed by atoms with Crippen LogP contribution in [0.15, 0.2) is 102 Å². The third kappa shape index (κ3) is 3.85. The Bertz CT molecular complexity index is 1330. The Labute approximate surface area is 184 Å². The Balaban J connectivity index is 1.69. The lowest BCUT2D eigenvalue weighted by atomic mass is 9.97. The van der Waals surface area contributed by atoms with Crippen LogP contribution in [0.2, 0.25) is 19.6 Å². The molecule has 0 aliphatic carbocycles. The van der Waals surface area contributed by atoms with Crippen LogP contribution in [0.1, 0.15) is 0 Å². The number of pyridine rings is 1. The van der Waals surface area contributed by atoms with Gasteiger partial charge in [-0.25, -0.2) is 0 Å². The minimum absolute atomic E-state index is 0.881. The summed E-state index contributed by atoms with van der Waals surface area (Å²) in [7, 11) is -1.38. The van der Waals surface area contributed by atoms with Gasteiger partial charge in [-0.2, -0.15) is 0 Å². The summed E-state index contributed by atoms with van der Waals surface area (Å²) in [5.41, 5.74) is 6.34. The van der Waals surface area contributed by atoms with Crippen LogP contribution < -0.4 is 5.19 Å². The Kier molecular flexibility index (Phi) is 4.83. The Morgan fingerprint density at radius 1 is 0.677 bits per heavy atom. The second-order valence-corrected chi connectivity index (χ2v) is 14.0. The van der Waals surface area contributed by atoms with Crippen molar-refractivity contribution >= 4 is 24.2 Å². The summed E-state index contributed by atoms with van der Waals surface area (Å²) >= 11 is 0. The van der Waals surface area contributed by atoms with Crippen LogP contribution in [0.25, 0.3) is 44.7 Å². The number of hydrogen-bond acceptors (Lipinski definition) is 2. The van der Waals surface area contributed by atoms with Crippen LogP contribution in [-0.2, 0) is 0 Å². The van der Waals surface area contributed by atoms with E-state index >= 15 is 0 Å². The van der Waals surface area contributed by atoms with E-state index in [1.807, 2.05) is 30.5 Å². The molecule has 152 valence electrons. The molecule has 0 amide bonds. The number of rotatable bonds is 4. The van der Waals surface area contributed by atoms with Crippen LogP contribution in [0.3, 0.4) is 0 Å². The summed E-state index contributed by atoms with van der Waals surface area (Å²) in [6.45, 7) is 7.03. The van der Waals surface area contributed by atoms with Crippen LogP contribution in [-0.4, -0.2) is 13.1 Å². The third-order valence-corrected chi connectivity index (χ3v) is 7.73. The van der Waals surface area contributed by atoms with E-state index in [1.165, 1.54) is 10.8 Å². The number of hydrogen-bond donors (Lipinski definition) is 0. The smallest absolute Gasteiger partial charge is 0.136 e. The predicted octanol–water partition coefficient (Wildman–Crippen LogP) is 7.37. The summed E-state index contributed by atoms with van der Waals surface area (Å²) < 4.78 is 6.34. The van der Waals surface area contributed by atoms with Crippen molar-refractivity contribution in [2.24, 2.45) is 0 Å². The first kappa shape index (κ1) is 19.5. The maximum absolute atomic E-state index is 6.34. The lowest BCUT2D eigenvalue weighted by Crippen LogP contribution is -2.37. The van der Waals surface area contributed by atoms with E-state index in [1.54, 1.807) is 0 Å². The minimum atomic E-state index is -1.38.